The maximum absolute atomic E-state index is 11.9. The SMILES string of the molecule is CCNC(=O)[C@]12CCC[C@H]1CNC2. The van der Waals surface area contributed by atoms with Crippen LogP contribution in [0.5, 0.6) is 0 Å². The van der Waals surface area contributed by atoms with Gasteiger partial charge in [0.05, 0.1) is 5.41 Å². The topological polar surface area (TPSA) is 41.1 Å². The summed E-state index contributed by atoms with van der Waals surface area (Å²) < 4.78 is 0. The molecule has 1 saturated heterocycles. The molecule has 2 aliphatic rings. The fourth-order valence-corrected chi connectivity index (χ4v) is 2.86. The van der Waals surface area contributed by atoms with Crippen LogP contribution in [0.25, 0.3) is 0 Å². The normalized spacial score (nSPS) is 37.5. The van der Waals surface area contributed by atoms with Crippen LogP contribution in [-0.4, -0.2) is 25.5 Å². The smallest absolute Gasteiger partial charge is 0.227 e. The number of fused-ring (bicyclic) bond motifs is 1. The molecule has 0 unspecified atom stereocenters. The Morgan fingerprint density at radius 2 is 2.54 bits per heavy atom. The number of hydrogen-bond donors (Lipinski definition) is 2. The second kappa shape index (κ2) is 3.29. The summed E-state index contributed by atoms with van der Waals surface area (Å²) in [6, 6.07) is 0. The Hall–Kier alpha value is -0.570. The molecule has 1 aliphatic heterocycles. The van der Waals surface area contributed by atoms with Crippen molar-refractivity contribution in [2.75, 3.05) is 19.6 Å². The van der Waals surface area contributed by atoms with Crippen molar-refractivity contribution in [1.82, 2.24) is 10.6 Å². The van der Waals surface area contributed by atoms with Crippen molar-refractivity contribution in [3.05, 3.63) is 0 Å². The zero-order chi connectivity index (χ0) is 9.31. The van der Waals surface area contributed by atoms with Crippen LogP contribution in [0.1, 0.15) is 26.2 Å². The van der Waals surface area contributed by atoms with Gasteiger partial charge < -0.3 is 10.6 Å². The van der Waals surface area contributed by atoms with Gasteiger partial charge in [0.15, 0.2) is 0 Å². The van der Waals surface area contributed by atoms with Crippen LogP contribution in [0.15, 0.2) is 0 Å². The van der Waals surface area contributed by atoms with E-state index in [0.29, 0.717) is 5.92 Å². The molecule has 2 fully saturated rings. The summed E-state index contributed by atoms with van der Waals surface area (Å²) in [5, 5.41) is 6.31. The molecule has 2 N–H and O–H groups in total. The molecule has 13 heavy (non-hydrogen) atoms. The highest BCUT2D eigenvalue weighted by atomic mass is 16.2. The van der Waals surface area contributed by atoms with Crippen LogP contribution in [-0.2, 0) is 4.79 Å². The molecule has 1 saturated carbocycles. The van der Waals surface area contributed by atoms with Crippen molar-refractivity contribution in [2.45, 2.75) is 26.2 Å². The van der Waals surface area contributed by atoms with Gasteiger partial charge in [0.25, 0.3) is 0 Å². The van der Waals surface area contributed by atoms with Gasteiger partial charge in [0.1, 0.15) is 0 Å². The van der Waals surface area contributed by atoms with Gasteiger partial charge in [-0.1, -0.05) is 6.42 Å². The molecule has 3 heteroatoms. The van der Waals surface area contributed by atoms with Crippen molar-refractivity contribution in [3.63, 3.8) is 0 Å². The maximum Gasteiger partial charge on any atom is 0.227 e. The van der Waals surface area contributed by atoms with Crippen molar-refractivity contribution in [1.29, 1.82) is 0 Å². The van der Waals surface area contributed by atoms with Gasteiger partial charge in [-0.25, -0.2) is 0 Å². The van der Waals surface area contributed by atoms with E-state index in [2.05, 4.69) is 10.6 Å². The molecule has 3 nitrogen and oxygen atoms in total. The third kappa shape index (κ3) is 1.26. The quantitative estimate of drug-likeness (QED) is 0.653. The summed E-state index contributed by atoms with van der Waals surface area (Å²) in [6.07, 6.45) is 3.53. The molecule has 0 spiro atoms. The lowest BCUT2D eigenvalue weighted by molar-refractivity contribution is -0.131. The minimum Gasteiger partial charge on any atom is -0.356 e. The predicted octanol–water partition coefficient (Wildman–Crippen LogP) is 0.512. The first-order chi connectivity index (χ1) is 6.29. The molecule has 1 amide bonds. The van der Waals surface area contributed by atoms with Gasteiger partial charge in [-0.2, -0.15) is 0 Å². The number of rotatable bonds is 2. The molecular weight excluding hydrogens is 164 g/mol. The molecule has 0 aromatic carbocycles. The van der Waals surface area contributed by atoms with Crippen LogP contribution in [0, 0.1) is 11.3 Å². The Morgan fingerprint density at radius 3 is 3.31 bits per heavy atom. The van der Waals surface area contributed by atoms with Crippen LogP contribution in [0.2, 0.25) is 0 Å². The van der Waals surface area contributed by atoms with E-state index in [1.54, 1.807) is 0 Å². The molecule has 0 radical (unpaired) electrons. The predicted molar refractivity (Wildman–Crippen MR) is 51.3 cm³/mol. The minimum absolute atomic E-state index is 0.0456. The average molecular weight is 182 g/mol. The highest BCUT2D eigenvalue weighted by molar-refractivity contribution is 5.84. The lowest BCUT2D eigenvalue weighted by atomic mass is 9.80. The molecule has 1 aliphatic carbocycles. The van der Waals surface area contributed by atoms with Gasteiger partial charge in [0, 0.05) is 13.1 Å². The van der Waals surface area contributed by atoms with Crippen molar-refractivity contribution >= 4 is 5.91 Å². The van der Waals surface area contributed by atoms with Crippen LogP contribution in [0.4, 0.5) is 0 Å². The Balaban J connectivity index is 2.12. The van der Waals surface area contributed by atoms with E-state index in [9.17, 15) is 4.79 Å². The first kappa shape index (κ1) is 9.00. The van der Waals surface area contributed by atoms with E-state index >= 15 is 0 Å². The summed E-state index contributed by atoms with van der Waals surface area (Å²) in [5.41, 5.74) is -0.0456. The number of amides is 1. The Morgan fingerprint density at radius 1 is 1.69 bits per heavy atom. The van der Waals surface area contributed by atoms with Crippen molar-refractivity contribution in [3.8, 4) is 0 Å². The summed E-state index contributed by atoms with van der Waals surface area (Å²) in [6.45, 7) is 4.68. The Kier molecular flexibility index (Phi) is 2.28. The van der Waals surface area contributed by atoms with E-state index in [4.69, 9.17) is 0 Å². The van der Waals surface area contributed by atoms with Gasteiger partial charge in [-0.3, -0.25) is 4.79 Å². The molecule has 0 bridgehead atoms. The van der Waals surface area contributed by atoms with E-state index in [-0.39, 0.29) is 11.3 Å². The number of carbonyl (C=O) groups excluding carboxylic acids is 1. The third-order valence-corrected chi connectivity index (χ3v) is 3.58. The van der Waals surface area contributed by atoms with Gasteiger partial charge in [-0.15, -0.1) is 0 Å². The van der Waals surface area contributed by atoms with Crippen LogP contribution < -0.4 is 10.6 Å². The van der Waals surface area contributed by atoms with Gasteiger partial charge >= 0.3 is 0 Å². The molecule has 0 aromatic heterocycles. The summed E-state index contributed by atoms with van der Waals surface area (Å²) in [4.78, 5) is 11.9. The summed E-state index contributed by atoms with van der Waals surface area (Å²) in [5.74, 6) is 0.876. The first-order valence-electron chi connectivity index (χ1n) is 5.28. The number of nitrogens with one attached hydrogen (secondary N) is 2. The van der Waals surface area contributed by atoms with Gasteiger partial charge in [0.2, 0.25) is 5.91 Å². The molecule has 0 aromatic rings. The van der Waals surface area contributed by atoms with Gasteiger partial charge in [-0.05, 0) is 32.2 Å². The highest BCUT2D eigenvalue weighted by Gasteiger charge is 2.51. The Labute approximate surface area is 79.3 Å². The lowest BCUT2D eigenvalue weighted by Crippen LogP contribution is -2.43. The van der Waals surface area contributed by atoms with Crippen LogP contribution in [0.3, 0.4) is 0 Å². The van der Waals surface area contributed by atoms with E-state index in [1.807, 2.05) is 6.92 Å². The highest BCUT2D eigenvalue weighted by Crippen LogP contribution is 2.45. The van der Waals surface area contributed by atoms with E-state index in [0.717, 1.165) is 26.1 Å². The fraction of sp³-hybridized carbons (Fsp3) is 0.900. The third-order valence-electron chi connectivity index (χ3n) is 3.58. The largest absolute Gasteiger partial charge is 0.356 e. The molecule has 74 valence electrons. The molecular formula is C10H18N2O. The maximum atomic E-state index is 11.9. The monoisotopic (exact) mass is 182 g/mol. The molecule has 2 rings (SSSR count). The average Bonchev–Trinajstić information content (AvgIpc) is 2.61. The minimum atomic E-state index is -0.0456. The van der Waals surface area contributed by atoms with Crippen molar-refractivity contribution in [2.24, 2.45) is 11.3 Å². The summed E-state index contributed by atoms with van der Waals surface area (Å²) >= 11 is 0. The molecule has 1 heterocycles. The lowest BCUT2D eigenvalue weighted by Gasteiger charge is -2.26. The standard InChI is InChI=1S/C10H18N2O/c1-2-12-9(13)10-5-3-4-8(10)6-11-7-10/h8,11H,2-7H2,1H3,(H,12,13)/t8-,10-/m0/s1. The number of hydrogen-bond acceptors (Lipinski definition) is 2. The van der Waals surface area contributed by atoms with Crippen molar-refractivity contribution < 1.29 is 4.79 Å². The first-order valence-corrected chi connectivity index (χ1v) is 5.28. The zero-order valence-corrected chi connectivity index (χ0v) is 8.23. The summed E-state index contributed by atoms with van der Waals surface area (Å²) in [7, 11) is 0. The van der Waals surface area contributed by atoms with E-state index in [1.165, 1.54) is 12.8 Å². The Bertz CT molecular complexity index is 205. The fourth-order valence-electron chi connectivity index (χ4n) is 2.86. The second-order valence-electron chi connectivity index (χ2n) is 4.24. The molecule has 2 atom stereocenters. The zero-order valence-electron chi connectivity index (χ0n) is 8.23. The van der Waals surface area contributed by atoms with Crippen LogP contribution >= 0.6 is 0 Å². The van der Waals surface area contributed by atoms with E-state index < -0.39 is 0 Å². The second-order valence-corrected chi connectivity index (χ2v) is 4.24. The number of carbonyl (C=O) groups is 1.